The third-order valence-electron chi connectivity index (χ3n) is 4.49. The van der Waals surface area contributed by atoms with Gasteiger partial charge in [0, 0.05) is 23.7 Å². The summed E-state index contributed by atoms with van der Waals surface area (Å²) >= 11 is 5.95. The van der Waals surface area contributed by atoms with Gasteiger partial charge in [0.25, 0.3) is 11.9 Å². The molecule has 1 amide bonds. The Morgan fingerprint density at radius 2 is 2.16 bits per heavy atom. The van der Waals surface area contributed by atoms with E-state index in [2.05, 4.69) is 15.2 Å². The van der Waals surface area contributed by atoms with E-state index in [0.717, 1.165) is 30.5 Å². The molecule has 3 aromatic rings. The number of carbonyl (C=O) groups is 1. The third kappa shape index (κ3) is 3.33. The van der Waals surface area contributed by atoms with E-state index < -0.39 is 0 Å². The zero-order valence-corrected chi connectivity index (χ0v) is 14.4. The van der Waals surface area contributed by atoms with Crippen LogP contribution >= 0.6 is 11.6 Å². The van der Waals surface area contributed by atoms with Crippen molar-refractivity contribution in [2.45, 2.75) is 18.9 Å². The van der Waals surface area contributed by atoms with Gasteiger partial charge in [0.1, 0.15) is 5.52 Å². The van der Waals surface area contributed by atoms with Crippen LogP contribution in [0.3, 0.4) is 0 Å². The Bertz CT molecular complexity index is 875. The number of carbonyl (C=O) groups excluding carboxylic acids is 1. The Kier molecular flexibility index (Phi) is 4.32. The quantitative estimate of drug-likeness (QED) is 0.771. The summed E-state index contributed by atoms with van der Waals surface area (Å²) in [5.74, 6) is -0.119. The van der Waals surface area contributed by atoms with E-state index in [4.69, 9.17) is 16.0 Å². The fourth-order valence-electron chi connectivity index (χ4n) is 3.22. The molecule has 0 unspecified atom stereocenters. The lowest BCUT2D eigenvalue weighted by Gasteiger charge is -2.23. The van der Waals surface area contributed by atoms with E-state index in [1.54, 1.807) is 24.3 Å². The lowest BCUT2D eigenvalue weighted by molar-refractivity contribution is 0.0951. The predicted octanol–water partition coefficient (Wildman–Crippen LogP) is 3.88. The van der Waals surface area contributed by atoms with Gasteiger partial charge in [-0.1, -0.05) is 29.8 Å². The van der Waals surface area contributed by atoms with Crippen molar-refractivity contribution in [1.82, 2.24) is 10.3 Å². The number of para-hydroxylation sites is 2. The van der Waals surface area contributed by atoms with Crippen molar-refractivity contribution in [1.29, 1.82) is 0 Å². The summed E-state index contributed by atoms with van der Waals surface area (Å²) in [6.45, 7) is 1.43. The van der Waals surface area contributed by atoms with Crippen LogP contribution < -0.4 is 10.2 Å². The molecule has 128 valence electrons. The zero-order valence-electron chi connectivity index (χ0n) is 13.6. The number of amides is 1. The molecule has 2 heterocycles. The molecule has 4 rings (SSSR count). The molecule has 2 aromatic carbocycles. The van der Waals surface area contributed by atoms with E-state index in [1.807, 2.05) is 24.3 Å². The van der Waals surface area contributed by atoms with Crippen molar-refractivity contribution in [2.75, 3.05) is 18.0 Å². The minimum atomic E-state index is -0.119. The Labute approximate surface area is 150 Å². The maximum Gasteiger partial charge on any atom is 0.298 e. The van der Waals surface area contributed by atoms with Gasteiger partial charge in [-0.05, 0) is 43.2 Å². The van der Waals surface area contributed by atoms with Crippen molar-refractivity contribution in [3.05, 3.63) is 59.1 Å². The maximum atomic E-state index is 12.3. The lowest BCUT2D eigenvalue weighted by atomic mass is 10.2. The third-order valence-corrected chi connectivity index (χ3v) is 4.73. The van der Waals surface area contributed by atoms with Gasteiger partial charge in [-0.15, -0.1) is 0 Å². The van der Waals surface area contributed by atoms with Gasteiger partial charge in [-0.25, -0.2) is 0 Å². The Morgan fingerprint density at radius 1 is 1.28 bits per heavy atom. The normalized spacial score (nSPS) is 17.2. The SMILES string of the molecule is O=C(NC[C@H]1CCCN1c1nc2ccccc2o1)c1cccc(Cl)c1. The summed E-state index contributed by atoms with van der Waals surface area (Å²) in [4.78, 5) is 19.0. The van der Waals surface area contributed by atoms with E-state index in [1.165, 1.54) is 0 Å². The minimum absolute atomic E-state index is 0.119. The standard InChI is InChI=1S/C19H18ClN3O2/c20-14-6-3-5-13(11-14)18(24)21-12-15-7-4-10-23(15)19-22-16-8-1-2-9-17(16)25-19/h1-3,5-6,8-9,11,15H,4,7,10,12H2,(H,21,24)/t15-/m1/s1. The molecule has 0 radical (unpaired) electrons. The molecular formula is C19H18ClN3O2. The number of oxazole rings is 1. The molecule has 25 heavy (non-hydrogen) atoms. The number of hydrogen-bond acceptors (Lipinski definition) is 4. The molecule has 1 aromatic heterocycles. The molecule has 1 fully saturated rings. The van der Waals surface area contributed by atoms with Crippen molar-refractivity contribution in [3.63, 3.8) is 0 Å². The number of anilines is 1. The van der Waals surface area contributed by atoms with Crippen LogP contribution in [0, 0.1) is 0 Å². The van der Waals surface area contributed by atoms with Gasteiger partial charge in [-0.2, -0.15) is 4.98 Å². The van der Waals surface area contributed by atoms with Crippen molar-refractivity contribution >= 4 is 34.6 Å². The monoisotopic (exact) mass is 355 g/mol. The van der Waals surface area contributed by atoms with Gasteiger partial charge in [-0.3, -0.25) is 4.79 Å². The van der Waals surface area contributed by atoms with E-state index in [-0.39, 0.29) is 11.9 Å². The topological polar surface area (TPSA) is 58.4 Å². The minimum Gasteiger partial charge on any atom is -0.423 e. The summed E-state index contributed by atoms with van der Waals surface area (Å²) in [7, 11) is 0. The lowest BCUT2D eigenvalue weighted by Crippen LogP contribution is -2.40. The average Bonchev–Trinajstić information content (AvgIpc) is 3.25. The van der Waals surface area contributed by atoms with Crippen LogP contribution in [-0.4, -0.2) is 30.0 Å². The van der Waals surface area contributed by atoms with Gasteiger partial charge >= 0.3 is 0 Å². The zero-order chi connectivity index (χ0) is 17.2. The number of benzene rings is 2. The maximum absolute atomic E-state index is 12.3. The number of nitrogens with zero attached hydrogens (tertiary/aromatic N) is 2. The molecule has 1 saturated heterocycles. The van der Waals surface area contributed by atoms with Crippen molar-refractivity contribution < 1.29 is 9.21 Å². The molecule has 1 aliphatic rings. The molecular weight excluding hydrogens is 338 g/mol. The second kappa shape index (κ2) is 6.76. The first-order chi connectivity index (χ1) is 12.2. The van der Waals surface area contributed by atoms with Crippen LogP contribution in [0.5, 0.6) is 0 Å². The van der Waals surface area contributed by atoms with E-state index >= 15 is 0 Å². The first kappa shape index (κ1) is 16.0. The molecule has 1 aliphatic heterocycles. The van der Waals surface area contributed by atoms with Crippen LogP contribution in [0.4, 0.5) is 6.01 Å². The fraction of sp³-hybridized carbons (Fsp3) is 0.263. The number of aromatic nitrogens is 1. The largest absolute Gasteiger partial charge is 0.423 e. The van der Waals surface area contributed by atoms with Gasteiger partial charge < -0.3 is 14.6 Å². The fourth-order valence-corrected chi connectivity index (χ4v) is 3.42. The Morgan fingerprint density at radius 3 is 3.00 bits per heavy atom. The van der Waals surface area contributed by atoms with E-state index in [9.17, 15) is 4.79 Å². The van der Waals surface area contributed by atoms with Gasteiger partial charge in [0.2, 0.25) is 0 Å². The van der Waals surface area contributed by atoms with Crippen LogP contribution in [-0.2, 0) is 0 Å². The smallest absolute Gasteiger partial charge is 0.298 e. The molecule has 0 aliphatic carbocycles. The number of rotatable bonds is 4. The van der Waals surface area contributed by atoms with E-state index in [0.29, 0.717) is 23.1 Å². The summed E-state index contributed by atoms with van der Waals surface area (Å²) in [5, 5.41) is 3.55. The molecule has 0 saturated carbocycles. The average molecular weight is 356 g/mol. The second-order valence-corrected chi connectivity index (χ2v) is 6.61. The van der Waals surface area contributed by atoms with Crippen LogP contribution in [0.25, 0.3) is 11.1 Å². The summed E-state index contributed by atoms with van der Waals surface area (Å²) in [6, 6.07) is 15.5. The molecule has 1 N–H and O–H groups in total. The van der Waals surface area contributed by atoms with Crippen LogP contribution in [0.1, 0.15) is 23.2 Å². The highest BCUT2D eigenvalue weighted by molar-refractivity contribution is 6.30. The van der Waals surface area contributed by atoms with Crippen LogP contribution in [0.2, 0.25) is 5.02 Å². The van der Waals surface area contributed by atoms with Crippen molar-refractivity contribution in [3.8, 4) is 0 Å². The Balaban J connectivity index is 1.45. The number of halogens is 1. The number of nitrogens with one attached hydrogen (secondary N) is 1. The molecule has 1 atom stereocenters. The summed E-state index contributed by atoms with van der Waals surface area (Å²) < 4.78 is 5.87. The predicted molar refractivity (Wildman–Crippen MR) is 98.2 cm³/mol. The molecule has 0 spiro atoms. The van der Waals surface area contributed by atoms with Gasteiger partial charge in [0.05, 0.1) is 6.04 Å². The highest BCUT2D eigenvalue weighted by Gasteiger charge is 2.28. The molecule has 6 heteroatoms. The van der Waals surface area contributed by atoms with Crippen molar-refractivity contribution in [2.24, 2.45) is 0 Å². The van der Waals surface area contributed by atoms with Crippen LogP contribution in [0.15, 0.2) is 52.9 Å². The number of hydrogen-bond donors (Lipinski definition) is 1. The second-order valence-electron chi connectivity index (χ2n) is 6.17. The molecule has 0 bridgehead atoms. The highest BCUT2D eigenvalue weighted by Crippen LogP contribution is 2.28. The molecule has 5 nitrogen and oxygen atoms in total. The highest BCUT2D eigenvalue weighted by atomic mass is 35.5. The first-order valence-corrected chi connectivity index (χ1v) is 8.74. The van der Waals surface area contributed by atoms with Gasteiger partial charge in [0.15, 0.2) is 5.58 Å². The summed E-state index contributed by atoms with van der Waals surface area (Å²) in [5.41, 5.74) is 2.20. The Hall–Kier alpha value is -2.53. The number of fused-ring (bicyclic) bond motifs is 1. The summed E-state index contributed by atoms with van der Waals surface area (Å²) in [6.07, 6.45) is 2.05. The first-order valence-electron chi connectivity index (χ1n) is 8.37.